The average Bonchev–Trinajstić information content (AvgIpc) is 2.94. The van der Waals surface area contributed by atoms with Crippen LogP contribution in [0.3, 0.4) is 0 Å². The molecule has 152 valence electrons. The predicted octanol–water partition coefficient (Wildman–Crippen LogP) is 7.43. The Morgan fingerprint density at radius 2 is 1.19 bits per heavy atom. The van der Waals surface area contributed by atoms with Gasteiger partial charge in [0.2, 0.25) is 5.91 Å². The smallest absolute Gasteiger partial charge is 0.222 e. The van der Waals surface area contributed by atoms with Gasteiger partial charge in [-0.25, -0.2) is 0 Å². The van der Waals surface area contributed by atoms with Gasteiger partial charge in [-0.05, 0) is 44.9 Å². The number of carbonyl (C=O) groups excluding carboxylic acids is 1. The van der Waals surface area contributed by atoms with Gasteiger partial charge in [-0.15, -0.1) is 0 Å². The fraction of sp³-hybridized carbons (Fsp3) is 0.875. The first-order valence-electron chi connectivity index (χ1n) is 11.8. The van der Waals surface area contributed by atoms with Gasteiger partial charge < -0.3 is 4.90 Å². The number of hydrogen-bond acceptors (Lipinski definition) is 1. The summed E-state index contributed by atoms with van der Waals surface area (Å²) in [5.74, 6) is 0.407. The number of rotatable bonds is 15. The molecular weight excluding hydrogens is 318 g/mol. The lowest BCUT2D eigenvalue weighted by Gasteiger charge is -2.20. The van der Waals surface area contributed by atoms with E-state index in [1.165, 1.54) is 103 Å². The minimum Gasteiger partial charge on any atom is -0.343 e. The van der Waals surface area contributed by atoms with Crippen molar-refractivity contribution in [3.05, 3.63) is 12.2 Å². The molecule has 0 aromatic heterocycles. The Morgan fingerprint density at radius 1 is 0.692 bits per heavy atom. The molecule has 2 nitrogen and oxygen atoms in total. The van der Waals surface area contributed by atoms with E-state index >= 15 is 0 Å². The molecule has 0 aromatic rings. The molecule has 0 N–H and O–H groups in total. The molecule has 26 heavy (non-hydrogen) atoms. The average molecular weight is 364 g/mol. The standard InChI is InChI=1S/C24H45NO/c1-2-3-4-5-6-7-8-9-10-11-12-13-14-15-18-21-24(26)25-22-19-16-17-20-23-25/h9-10H,2-8,11-23H2,1H3/b10-9+. The number of nitrogens with zero attached hydrogens (tertiary/aromatic N) is 1. The van der Waals surface area contributed by atoms with Crippen LogP contribution in [0.1, 0.15) is 122 Å². The van der Waals surface area contributed by atoms with Crippen LogP contribution >= 0.6 is 0 Å². The van der Waals surface area contributed by atoms with Crippen molar-refractivity contribution in [3.63, 3.8) is 0 Å². The van der Waals surface area contributed by atoms with Crippen molar-refractivity contribution in [1.82, 2.24) is 4.90 Å². The molecule has 1 rings (SSSR count). The predicted molar refractivity (Wildman–Crippen MR) is 115 cm³/mol. The Kier molecular flexibility index (Phi) is 15.8. The van der Waals surface area contributed by atoms with Gasteiger partial charge in [0.05, 0.1) is 0 Å². The highest BCUT2D eigenvalue weighted by Gasteiger charge is 2.14. The number of likely N-dealkylation sites (tertiary alicyclic amines) is 1. The molecule has 1 aliphatic heterocycles. The quantitative estimate of drug-likeness (QED) is 0.219. The number of allylic oxidation sites excluding steroid dienone is 2. The van der Waals surface area contributed by atoms with Crippen LogP contribution in [0.2, 0.25) is 0 Å². The van der Waals surface area contributed by atoms with Crippen LogP contribution in [-0.2, 0) is 4.79 Å². The van der Waals surface area contributed by atoms with Crippen LogP contribution in [0.15, 0.2) is 12.2 Å². The van der Waals surface area contributed by atoms with Crippen molar-refractivity contribution in [2.45, 2.75) is 122 Å². The third-order valence-electron chi connectivity index (χ3n) is 5.61. The monoisotopic (exact) mass is 363 g/mol. The van der Waals surface area contributed by atoms with Gasteiger partial charge in [0.25, 0.3) is 0 Å². The van der Waals surface area contributed by atoms with Crippen LogP contribution < -0.4 is 0 Å². The molecule has 2 heteroatoms. The molecule has 0 aromatic carbocycles. The zero-order valence-electron chi connectivity index (χ0n) is 17.7. The normalized spacial score (nSPS) is 15.5. The lowest BCUT2D eigenvalue weighted by molar-refractivity contribution is -0.131. The maximum atomic E-state index is 12.2. The van der Waals surface area contributed by atoms with Crippen LogP contribution in [0.25, 0.3) is 0 Å². The third-order valence-corrected chi connectivity index (χ3v) is 5.61. The van der Waals surface area contributed by atoms with E-state index in [1.54, 1.807) is 0 Å². The van der Waals surface area contributed by atoms with Gasteiger partial charge in [0.1, 0.15) is 0 Å². The second-order valence-corrected chi connectivity index (χ2v) is 8.13. The van der Waals surface area contributed by atoms with Crippen LogP contribution in [-0.4, -0.2) is 23.9 Å². The largest absolute Gasteiger partial charge is 0.343 e. The third kappa shape index (κ3) is 13.4. The molecule has 0 unspecified atom stereocenters. The number of hydrogen-bond donors (Lipinski definition) is 0. The Morgan fingerprint density at radius 3 is 1.77 bits per heavy atom. The summed E-state index contributed by atoms with van der Waals surface area (Å²) in [6.45, 7) is 4.28. The molecule has 0 bridgehead atoms. The summed E-state index contributed by atoms with van der Waals surface area (Å²) < 4.78 is 0. The molecule has 1 amide bonds. The summed E-state index contributed by atoms with van der Waals surface area (Å²) in [5, 5.41) is 0. The second-order valence-electron chi connectivity index (χ2n) is 8.13. The van der Waals surface area contributed by atoms with Crippen molar-refractivity contribution < 1.29 is 4.79 Å². The van der Waals surface area contributed by atoms with E-state index in [2.05, 4.69) is 24.0 Å². The van der Waals surface area contributed by atoms with Gasteiger partial charge in [-0.1, -0.05) is 83.3 Å². The van der Waals surface area contributed by atoms with Crippen molar-refractivity contribution in [2.24, 2.45) is 0 Å². The van der Waals surface area contributed by atoms with E-state index in [0.717, 1.165) is 25.9 Å². The first kappa shape index (κ1) is 23.2. The highest BCUT2D eigenvalue weighted by Crippen LogP contribution is 2.13. The Bertz CT molecular complexity index is 342. The number of unbranched alkanes of at least 4 members (excludes halogenated alkanes) is 11. The number of amides is 1. The topological polar surface area (TPSA) is 20.3 Å². The Hall–Kier alpha value is -0.790. The van der Waals surface area contributed by atoms with E-state index in [1.807, 2.05) is 0 Å². The second kappa shape index (κ2) is 17.6. The molecule has 1 fully saturated rings. The molecular formula is C24H45NO. The van der Waals surface area contributed by atoms with Crippen molar-refractivity contribution in [3.8, 4) is 0 Å². The van der Waals surface area contributed by atoms with Crippen LogP contribution in [0, 0.1) is 0 Å². The molecule has 1 saturated heterocycles. The van der Waals surface area contributed by atoms with E-state index in [4.69, 9.17) is 0 Å². The van der Waals surface area contributed by atoms with Crippen molar-refractivity contribution in [2.75, 3.05) is 13.1 Å². The number of carbonyl (C=O) groups is 1. The van der Waals surface area contributed by atoms with Gasteiger partial charge in [0.15, 0.2) is 0 Å². The summed E-state index contributed by atoms with van der Waals surface area (Å²) in [6, 6.07) is 0. The zero-order valence-corrected chi connectivity index (χ0v) is 17.7. The van der Waals surface area contributed by atoms with Crippen molar-refractivity contribution in [1.29, 1.82) is 0 Å². The lowest BCUT2D eigenvalue weighted by atomic mass is 10.1. The van der Waals surface area contributed by atoms with E-state index < -0.39 is 0 Å². The highest BCUT2D eigenvalue weighted by atomic mass is 16.2. The van der Waals surface area contributed by atoms with Crippen molar-refractivity contribution >= 4 is 5.91 Å². The SMILES string of the molecule is CCCCCCCC/C=C/CCCCCCCC(=O)N1CCCCCC1. The van der Waals surface area contributed by atoms with Crippen LogP contribution in [0.4, 0.5) is 0 Å². The molecule has 0 aliphatic carbocycles. The van der Waals surface area contributed by atoms with Crippen LogP contribution in [0.5, 0.6) is 0 Å². The summed E-state index contributed by atoms with van der Waals surface area (Å²) >= 11 is 0. The molecule has 1 heterocycles. The summed E-state index contributed by atoms with van der Waals surface area (Å²) in [5.41, 5.74) is 0. The fourth-order valence-corrected chi connectivity index (χ4v) is 3.83. The lowest BCUT2D eigenvalue weighted by Crippen LogP contribution is -2.31. The summed E-state index contributed by atoms with van der Waals surface area (Å²) in [6.07, 6.45) is 27.7. The minimum absolute atomic E-state index is 0.407. The Balaban J connectivity index is 1.82. The molecule has 0 spiro atoms. The zero-order chi connectivity index (χ0) is 18.7. The Labute approximate surface area is 163 Å². The molecule has 0 radical (unpaired) electrons. The van der Waals surface area contributed by atoms with Gasteiger partial charge in [-0.3, -0.25) is 4.79 Å². The molecule has 1 aliphatic rings. The van der Waals surface area contributed by atoms with E-state index in [9.17, 15) is 4.79 Å². The van der Waals surface area contributed by atoms with Gasteiger partial charge in [0, 0.05) is 19.5 Å². The van der Waals surface area contributed by atoms with E-state index in [-0.39, 0.29) is 0 Å². The van der Waals surface area contributed by atoms with Gasteiger partial charge >= 0.3 is 0 Å². The molecule has 0 atom stereocenters. The highest BCUT2D eigenvalue weighted by molar-refractivity contribution is 5.76. The fourth-order valence-electron chi connectivity index (χ4n) is 3.83. The first-order chi connectivity index (χ1) is 12.8. The maximum absolute atomic E-state index is 12.2. The van der Waals surface area contributed by atoms with E-state index in [0.29, 0.717) is 5.91 Å². The molecule has 0 saturated carbocycles. The minimum atomic E-state index is 0.407. The summed E-state index contributed by atoms with van der Waals surface area (Å²) in [7, 11) is 0. The van der Waals surface area contributed by atoms with Gasteiger partial charge in [-0.2, -0.15) is 0 Å². The maximum Gasteiger partial charge on any atom is 0.222 e. The summed E-state index contributed by atoms with van der Waals surface area (Å²) in [4.78, 5) is 14.3. The first-order valence-corrected chi connectivity index (χ1v) is 11.8.